The Balaban J connectivity index is 1.62. The lowest BCUT2D eigenvalue weighted by Crippen LogP contribution is -2.30. The van der Waals surface area contributed by atoms with Crippen molar-refractivity contribution in [2.45, 2.75) is 76.3 Å². The molecule has 2 N–H and O–H groups in total. The van der Waals surface area contributed by atoms with Crippen LogP contribution in [0.15, 0.2) is 12.3 Å². The van der Waals surface area contributed by atoms with Crippen molar-refractivity contribution >= 4 is 0 Å². The Morgan fingerprint density at radius 3 is 2.63 bits per heavy atom. The standard InChI is InChI=1S/C16H27N3/c17-16-9-3-1-2-6-13(16)12-14-10-11-19(18-14)15-7-4-5-8-15/h10-11,13,15-16H,1-9,12,17H2. The lowest BCUT2D eigenvalue weighted by molar-refractivity contribution is 0.387. The predicted octanol–water partition coefficient (Wildman–Crippen LogP) is 3.45. The van der Waals surface area contributed by atoms with E-state index in [2.05, 4.69) is 16.9 Å². The molecule has 0 spiro atoms. The van der Waals surface area contributed by atoms with Gasteiger partial charge in [-0.05, 0) is 44.1 Å². The summed E-state index contributed by atoms with van der Waals surface area (Å²) in [5.74, 6) is 0.648. The third-order valence-electron chi connectivity index (χ3n) is 5.05. The number of aromatic nitrogens is 2. The van der Waals surface area contributed by atoms with E-state index in [1.54, 1.807) is 0 Å². The Hall–Kier alpha value is -0.830. The molecule has 3 heteroatoms. The van der Waals surface area contributed by atoms with Gasteiger partial charge in [0, 0.05) is 12.2 Å². The Bertz CT molecular complexity index is 392. The Labute approximate surface area is 116 Å². The third kappa shape index (κ3) is 3.19. The largest absolute Gasteiger partial charge is 0.327 e. The summed E-state index contributed by atoms with van der Waals surface area (Å²) >= 11 is 0. The molecule has 3 nitrogen and oxygen atoms in total. The first-order valence-electron chi connectivity index (χ1n) is 8.12. The van der Waals surface area contributed by atoms with Crippen molar-refractivity contribution in [3.8, 4) is 0 Å². The molecular formula is C16H27N3. The van der Waals surface area contributed by atoms with E-state index in [4.69, 9.17) is 10.8 Å². The molecule has 1 aromatic rings. The first-order valence-corrected chi connectivity index (χ1v) is 8.12. The molecule has 2 fully saturated rings. The summed E-state index contributed by atoms with van der Waals surface area (Å²) in [4.78, 5) is 0. The average Bonchev–Trinajstić information content (AvgIpc) is 3.03. The van der Waals surface area contributed by atoms with E-state index in [1.165, 1.54) is 63.5 Å². The number of nitrogens with zero attached hydrogens (tertiary/aromatic N) is 2. The highest BCUT2D eigenvalue weighted by molar-refractivity contribution is 5.03. The van der Waals surface area contributed by atoms with E-state index in [1.807, 2.05) is 0 Å². The summed E-state index contributed by atoms with van der Waals surface area (Å²) in [5.41, 5.74) is 7.58. The number of nitrogens with two attached hydrogens (primary N) is 1. The van der Waals surface area contributed by atoms with Gasteiger partial charge in [-0.3, -0.25) is 4.68 Å². The van der Waals surface area contributed by atoms with Crippen LogP contribution in [-0.4, -0.2) is 15.8 Å². The van der Waals surface area contributed by atoms with Gasteiger partial charge < -0.3 is 5.73 Å². The van der Waals surface area contributed by atoms with E-state index in [0.29, 0.717) is 18.0 Å². The first kappa shape index (κ1) is 13.2. The summed E-state index contributed by atoms with van der Waals surface area (Å²) in [6.07, 6.45) is 15.1. The fraction of sp³-hybridized carbons (Fsp3) is 0.812. The van der Waals surface area contributed by atoms with Gasteiger partial charge in [0.1, 0.15) is 0 Å². The van der Waals surface area contributed by atoms with Crippen LogP contribution in [0, 0.1) is 5.92 Å². The maximum Gasteiger partial charge on any atom is 0.0628 e. The van der Waals surface area contributed by atoms with Crippen LogP contribution in [0.2, 0.25) is 0 Å². The van der Waals surface area contributed by atoms with Crippen LogP contribution in [0.3, 0.4) is 0 Å². The molecule has 0 saturated heterocycles. The molecule has 0 amide bonds. The van der Waals surface area contributed by atoms with Gasteiger partial charge in [0.05, 0.1) is 11.7 Å². The van der Waals surface area contributed by atoms with Crippen LogP contribution in [0.1, 0.15) is 69.5 Å². The maximum atomic E-state index is 6.32. The van der Waals surface area contributed by atoms with Crippen LogP contribution < -0.4 is 5.73 Å². The quantitative estimate of drug-likeness (QED) is 0.847. The molecule has 2 saturated carbocycles. The van der Waals surface area contributed by atoms with Crippen LogP contribution in [0.4, 0.5) is 0 Å². The molecule has 0 aliphatic heterocycles. The monoisotopic (exact) mass is 261 g/mol. The molecule has 2 aliphatic rings. The lowest BCUT2D eigenvalue weighted by Gasteiger charge is -2.20. The Kier molecular flexibility index (Phi) is 4.21. The third-order valence-corrected chi connectivity index (χ3v) is 5.05. The van der Waals surface area contributed by atoms with Gasteiger partial charge in [0.25, 0.3) is 0 Å². The number of rotatable bonds is 3. The van der Waals surface area contributed by atoms with Crippen molar-refractivity contribution < 1.29 is 0 Å². The van der Waals surface area contributed by atoms with Crippen LogP contribution in [0.5, 0.6) is 0 Å². The molecule has 19 heavy (non-hydrogen) atoms. The summed E-state index contributed by atoms with van der Waals surface area (Å²) in [6, 6.07) is 3.27. The summed E-state index contributed by atoms with van der Waals surface area (Å²) in [5, 5.41) is 4.81. The van der Waals surface area contributed by atoms with Gasteiger partial charge in [-0.2, -0.15) is 5.10 Å². The molecule has 2 unspecified atom stereocenters. The van der Waals surface area contributed by atoms with Crippen molar-refractivity contribution in [3.63, 3.8) is 0 Å². The van der Waals surface area contributed by atoms with E-state index in [-0.39, 0.29) is 0 Å². The molecule has 0 aromatic carbocycles. The van der Waals surface area contributed by atoms with E-state index in [0.717, 1.165) is 6.42 Å². The second-order valence-corrected chi connectivity index (χ2v) is 6.49. The van der Waals surface area contributed by atoms with Crippen molar-refractivity contribution in [1.82, 2.24) is 9.78 Å². The summed E-state index contributed by atoms with van der Waals surface area (Å²) < 4.78 is 2.21. The zero-order chi connectivity index (χ0) is 13.1. The molecule has 0 bridgehead atoms. The minimum atomic E-state index is 0.388. The van der Waals surface area contributed by atoms with Crippen LogP contribution in [0.25, 0.3) is 0 Å². The minimum Gasteiger partial charge on any atom is -0.327 e. The molecule has 0 radical (unpaired) electrons. The molecule has 3 rings (SSSR count). The Morgan fingerprint density at radius 2 is 1.79 bits per heavy atom. The predicted molar refractivity (Wildman–Crippen MR) is 78.0 cm³/mol. The first-order chi connectivity index (χ1) is 9.33. The second-order valence-electron chi connectivity index (χ2n) is 6.49. The molecule has 1 aromatic heterocycles. The fourth-order valence-corrected chi connectivity index (χ4v) is 3.79. The zero-order valence-electron chi connectivity index (χ0n) is 11.9. The fourth-order valence-electron chi connectivity index (χ4n) is 3.79. The van der Waals surface area contributed by atoms with Gasteiger partial charge in [-0.15, -0.1) is 0 Å². The van der Waals surface area contributed by atoms with E-state index >= 15 is 0 Å². The second kappa shape index (κ2) is 6.08. The van der Waals surface area contributed by atoms with Gasteiger partial charge >= 0.3 is 0 Å². The molecule has 2 atom stereocenters. The molecule has 2 aliphatic carbocycles. The van der Waals surface area contributed by atoms with Crippen LogP contribution in [-0.2, 0) is 6.42 Å². The number of hydrogen-bond donors (Lipinski definition) is 1. The van der Waals surface area contributed by atoms with Crippen molar-refractivity contribution in [3.05, 3.63) is 18.0 Å². The average molecular weight is 261 g/mol. The van der Waals surface area contributed by atoms with E-state index < -0.39 is 0 Å². The molecule has 1 heterocycles. The number of hydrogen-bond acceptors (Lipinski definition) is 2. The maximum absolute atomic E-state index is 6.32. The Morgan fingerprint density at radius 1 is 1.05 bits per heavy atom. The van der Waals surface area contributed by atoms with Gasteiger partial charge in [0.2, 0.25) is 0 Å². The summed E-state index contributed by atoms with van der Waals surface area (Å²) in [6.45, 7) is 0. The highest BCUT2D eigenvalue weighted by Crippen LogP contribution is 2.29. The normalized spacial score (nSPS) is 29.5. The SMILES string of the molecule is NC1CCCCCC1Cc1ccn(C2CCCC2)n1. The topological polar surface area (TPSA) is 43.8 Å². The van der Waals surface area contributed by atoms with Gasteiger partial charge in [-0.25, -0.2) is 0 Å². The van der Waals surface area contributed by atoms with Gasteiger partial charge in [0.15, 0.2) is 0 Å². The highest BCUT2D eigenvalue weighted by atomic mass is 15.3. The minimum absolute atomic E-state index is 0.388. The molecule has 106 valence electrons. The lowest BCUT2D eigenvalue weighted by atomic mass is 9.91. The van der Waals surface area contributed by atoms with Crippen molar-refractivity contribution in [2.75, 3.05) is 0 Å². The van der Waals surface area contributed by atoms with E-state index in [9.17, 15) is 0 Å². The van der Waals surface area contributed by atoms with Crippen LogP contribution >= 0.6 is 0 Å². The summed E-state index contributed by atoms with van der Waals surface area (Å²) in [7, 11) is 0. The van der Waals surface area contributed by atoms with Gasteiger partial charge in [-0.1, -0.05) is 32.1 Å². The zero-order valence-corrected chi connectivity index (χ0v) is 11.9. The smallest absolute Gasteiger partial charge is 0.0628 e. The van der Waals surface area contributed by atoms with Crippen molar-refractivity contribution in [1.29, 1.82) is 0 Å². The highest BCUT2D eigenvalue weighted by Gasteiger charge is 2.22. The van der Waals surface area contributed by atoms with Crippen molar-refractivity contribution in [2.24, 2.45) is 11.7 Å². The molecular weight excluding hydrogens is 234 g/mol.